The summed E-state index contributed by atoms with van der Waals surface area (Å²) in [6.07, 6.45) is 1.54. The summed E-state index contributed by atoms with van der Waals surface area (Å²) in [5.41, 5.74) is 0.633. The number of hydrogen-bond donors (Lipinski definition) is 3. The molecule has 1 aromatic rings. The number of methoxy groups -OCH3 is 1. The van der Waals surface area contributed by atoms with Crippen LogP contribution >= 0.6 is 0 Å². The van der Waals surface area contributed by atoms with E-state index in [2.05, 4.69) is 20.4 Å². The van der Waals surface area contributed by atoms with Crippen LogP contribution in [-0.4, -0.2) is 58.2 Å². The Morgan fingerprint density at radius 1 is 1.37 bits per heavy atom. The predicted octanol–water partition coefficient (Wildman–Crippen LogP) is 1.75. The van der Waals surface area contributed by atoms with Gasteiger partial charge in [0.25, 0.3) is 0 Å². The Morgan fingerprint density at radius 3 is 2.78 bits per heavy atom. The van der Waals surface area contributed by atoms with E-state index in [0.717, 1.165) is 12.0 Å². The van der Waals surface area contributed by atoms with Crippen LogP contribution in [0.5, 0.6) is 11.5 Å². The summed E-state index contributed by atoms with van der Waals surface area (Å²) in [4.78, 5) is 4.18. The molecule has 0 radical (unpaired) electrons. The van der Waals surface area contributed by atoms with E-state index in [-0.39, 0.29) is 23.5 Å². The second-order valence-electron chi connectivity index (χ2n) is 6.42. The number of ether oxygens (including phenoxy) is 3. The summed E-state index contributed by atoms with van der Waals surface area (Å²) < 4.78 is 40.1. The number of aliphatic imine (C=N–C) groups is 1. The number of alkyl halides is 2. The highest BCUT2D eigenvalue weighted by Gasteiger charge is 2.34. The van der Waals surface area contributed by atoms with Crippen molar-refractivity contribution in [1.29, 1.82) is 0 Å². The first-order valence-electron chi connectivity index (χ1n) is 8.77. The van der Waals surface area contributed by atoms with Crippen LogP contribution in [0.3, 0.4) is 0 Å². The maximum Gasteiger partial charge on any atom is 0.387 e. The highest BCUT2D eigenvalue weighted by molar-refractivity contribution is 5.79. The summed E-state index contributed by atoms with van der Waals surface area (Å²) in [6.45, 7) is -0.539. The molecule has 152 valence electrons. The van der Waals surface area contributed by atoms with Crippen LogP contribution in [0.2, 0.25) is 0 Å². The van der Waals surface area contributed by atoms with E-state index in [1.54, 1.807) is 19.2 Å². The first kappa shape index (κ1) is 21.2. The molecule has 0 amide bonds. The lowest BCUT2D eigenvalue weighted by Crippen LogP contribution is -2.44. The Bertz CT molecular complexity index is 623. The molecule has 0 bridgehead atoms. The minimum absolute atomic E-state index is 0.0141. The Kier molecular flexibility index (Phi) is 8.05. The summed E-state index contributed by atoms with van der Waals surface area (Å²) in [7, 11) is 3.05. The zero-order chi connectivity index (χ0) is 19.7. The van der Waals surface area contributed by atoms with Gasteiger partial charge in [-0.15, -0.1) is 0 Å². The largest absolute Gasteiger partial charge is 0.493 e. The molecule has 1 unspecified atom stereocenters. The second kappa shape index (κ2) is 10.3. The fraction of sp³-hybridized carbons (Fsp3) is 0.611. The quantitative estimate of drug-likeness (QED) is 0.442. The molecule has 3 N–H and O–H groups in total. The Hall–Kier alpha value is -2.13. The molecule has 1 saturated heterocycles. The molecule has 27 heavy (non-hydrogen) atoms. The van der Waals surface area contributed by atoms with Gasteiger partial charge in [0.2, 0.25) is 0 Å². The molecule has 0 spiro atoms. The van der Waals surface area contributed by atoms with Crippen LogP contribution in [-0.2, 0) is 11.3 Å². The van der Waals surface area contributed by atoms with E-state index < -0.39 is 6.61 Å². The molecular formula is C18H27F2N3O4. The van der Waals surface area contributed by atoms with Crippen molar-refractivity contribution in [3.05, 3.63) is 23.8 Å². The fourth-order valence-corrected chi connectivity index (χ4v) is 3.01. The summed E-state index contributed by atoms with van der Waals surface area (Å²) >= 11 is 0. The molecule has 1 atom stereocenters. The Morgan fingerprint density at radius 2 is 2.19 bits per heavy atom. The maximum atomic E-state index is 12.5. The molecule has 1 heterocycles. The van der Waals surface area contributed by atoms with Gasteiger partial charge in [0.05, 0.1) is 13.7 Å². The maximum absolute atomic E-state index is 12.5. The minimum atomic E-state index is -2.92. The van der Waals surface area contributed by atoms with E-state index in [9.17, 15) is 13.9 Å². The third-order valence-electron chi connectivity index (χ3n) is 4.59. The van der Waals surface area contributed by atoms with Crippen molar-refractivity contribution in [3.63, 3.8) is 0 Å². The van der Waals surface area contributed by atoms with Crippen LogP contribution in [0.1, 0.15) is 18.4 Å². The highest BCUT2D eigenvalue weighted by atomic mass is 19.3. The van der Waals surface area contributed by atoms with Crippen LogP contribution in [0.15, 0.2) is 23.2 Å². The van der Waals surface area contributed by atoms with Crippen molar-refractivity contribution >= 4 is 5.96 Å². The van der Waals surface area contributed by atoms with Gasteiger partial charge in [-0.3, -0.25) is 4.99 Å². The molecular weight excluding hydrogens is 360 g/mol. The summed E-state index contributed by atoms with van der Waals surface area (Å²) in [5.74, 6) is 0.805. The molecule has 2 rings (SSSR count). The van der Waals surface area contributed by atoms with Crippen molar-refractivity contribution in [3.8, 4) is 11.5 Å². The van der Waals surface area contributed by atoms with Gasteiger partial charge >= 0.3 is 6.61 Å². The minimum Gasteiger partial charge on any atom is -0.493 e. The van der Waals surface area contributed by atoms with Crippen LogP contribution in [0.4, 0.5) is 8.78 Å². The van der Waals surface area contributed by atoms with Crippen molar-refractivity contribution in [2.75, 3.05) is 40.5 Å². The molecule has 0 saturated carbocycles. The monoisotopic (exact) mass is 387 g/mol. The number of nitrogens with zero attached hydrogens (tertiary/aromatic N) is 1. The lowest BCUT2D eigenvalue weighted by atomic mass is 9.84. The molecule has 0 aliphatic carbocycles. The zero-order valence-corrected chi connectivity index (χ0v) is 15.6. The SMILES string of the molecule is CN=C(NCc1ccc(OC)c(OC(F)F)c1)NCC1(CCO)CCOC1. The van der Waals surface area contributed by atoms with Gasteiger partial charge in [-0.25, -0.2) is 0 Å². The first-order chi connectivity index (χ1) is 13.0. The smallest absolute Gasteiger partial charge is 0.387 e. The first-order valence-corrected chi connectivity index (χ1v) is 8.77. The van der Waals surface area contributed by atoms with Crippen molar-refractivity contribution in [2.45, 2.75) is 26.0 Å². The Balaban J connectivity index is 1.93. The van der Waals surface area contributed by atoms with Crippen LogP contribution in [0, 0.1) is 5.41 Å². The third-order valence-corrected chi connectivity index (χ3v) is 4.59. The lowest BCUT2D eigenvalue weighted by molar-refractivity contribution is -0.0512. The fourth-order valence-electron chi connectivity index (χ4n) is 3.01. The zero-order valence-electron chi connectivity index (χ0n) is 15.6. The van der Waals surface area contributed by atoms with Crippen LogP contribution in [0.25, 0.3) is 0 Å². The topological polar surface area (TPSA) is 84.3 Å². The summed E-state index contributed by atoms with van der Waals surface area (Å²) in [6, 6.07) is 4.84. The van der Waals surface area contributed by atoms with Gasteiger partial charge in [-0.2, -0.15) is 8.78 Å². The van der Waals surface area contributed by atoms with Gasteiger partial charge in [0.15, 0.2) is 17.5 Å². The van der Waals surface area contributed by atoms with Crippen molar-refractivity contribution in [2.24, 2.45) is 10.4 Å². The number of benzene rings is 1. The van der Waals surface area contributed by atoms with Gasteiger partial charge in [0, 0.05) is 38.8 Å². The van der Waals surface area contributed by atoms with Crippen molar-refractivity contribution in [1.82, 2.24) is 10.6 Å². The lowest BCUT2D eigenvalue weighted by Gasteiger charge is -2.27. The molecule has 1 aliphatic heterocycles. The van der Waals surface area contributed by atoms with Gasteiger partial charge in [0.1, 0.15) is 0 Å². The molecule has 1 aliphatic rings. The van der Waals surface area contributed by atoms with E-state index in [4.69, 9.17) is 9.47 Å². The number of hydrogen-bond acceptors (Lipinski definition) is 5. The highest BCUT2D eigenvalue weighted by Crippen LogP contribution is 2.31. The number of aliphatic hydroxyl groups excluding tert-OH is 1. The van der Waals surface area contributed by atoms with E-state index in [1.807, 2.05) is 0 Å². The van der Waals surface area contributed by atoms with Gasteiger partial charge in [-0.05, 0) is 30.5 Å². The summed E-state index contributed by atoms with van der Waals surface area (Å²) in [5, 5.41) is 15.7. The second-order valence-corrected chi connectivity index (χ2v) is 6.42. The average Bonchev–Trinajstić information content (AvgIpc) is 3.10. The number of guanidine groups is 1. The number of halogens is 2. The third kappa shape index (κ3) is 6.21. The predicted molar refractivity (Wildman–Crippen MR) is 97.4 cm³/mol. The molecule has 7 nitrogen and oxygen atoms in total. The number of aliphatic hydroxyl groups is 1. The molecule has 0 aromatic heterocycles. The molecule has 9 heteroatoms. The Labute approximate surface area is 157 Å². The normalized spacial score (nSPS) is 20.0. The molecule has 1 fully saturated rings. The van der Waals surface area contributed by atoms with E-state index in [1.165, 1.54) is 13.2 Å². The van der Waals surface area contributed by atoms with Gasteiger partial charge in [-0.1, -0.05) is 6.07 Å². The van der Waals surface area contributed by atoms with E-state index >= 15 is 0 Å². The van der Waals surface area contributed by atoms with E-state index in [0.29, 0.717) is 38.7 Å². The standard InChI is InChI=1S/C18H27F2N3O4/c1-21-17(23-11-18(5-7-24)6-8-26-12-18)22-10-13-3-4-14(25-2)15(9-13)27-16(19)20/h3-4,9,16,24H,5-8,10-12H2,1-2H3,(H2,21,22,23). The van der Waals surface area contributed by atoms with Crippen LogP contribution < -0.4 is 20.1 Å². The molecule has 1 aromatic carbocycles. The van der Waals surface area contributed by atoms with Crippen molar-refractivity contribution < 1.29 is 28.1 Å². The number of rotatable bonds is 9. The van der Waals surface area contributed by atoms with Gasteiger partial charge < -0.3 is 30.0 Å². The average molecular weight is 387 g/mol. The number of nitrogens with one attached hydrogen (secondary N) is 2.